The van der Waals surface area contributed by atoms with Gasteiger partial charge in [-0.3, -0.25) is 4.79 Å². The summed E-state index contributed by atoms with van der Waals surface area (Å²) in [5.74, 6) is 0.961. The van der Waals surface area contributed by atoms with Gasteiger partial charge in [0.15, 0.2) is 5.82 Å². The third-order valence-corrected chi connectivity index (χ3v) is 4.54. The zero-order valence-electron chi connectivity index (χ0n) is 14.8. The number of benzene rings is 2. The van der Waals surface area contributed by atoms with Gasteiger partial charge >= 0.3 is 0 Å². The van der Waals surface area contributed by atoms with Gasteiger partial charge in [-0.15, -0.1) is 11.3 Å². The minimum absolute atomic E-state index is 0.254. The molecule has 0 saturated heterocycles. The molecule has 0 saturated carbocycles. The molecule has 6 nitrogen and oxygen atoms in total. The highest BCUT2D eigenvalue weighted by Gasteiger charge is 2.09. The van der Waals surface area contributed by atoms with Crippen LogP contribution in [0.1, 0.15) is 16.1 Å². The van der Waals surface area contributed by atoms with Gasteiger partial charge in [-0.2, -0.15) is 0 Å². The van der Waals surface area contributed by atoms with Crippen molar-refractivity contribution in [2.45, 2.75) is 6.61 Å². The number of ether oxygens (including phenoxy) is 1. The summed E-state index contributed by atoms with van der Waals surface area (Å²) in [7, 11) is 0. The lowest BCUT2D eigenvalue weighted by Crippen LogP contribution is -2.12. The smallest absolute Gasteiger partial charge is 0.255 e. The van der Waals surface area contributed by atoms with Crippen molar-refractivity contribution in [3.63, 3.8) is 0 Å². The molecule has 0 radical (unpaired) electrons. The molecule has 4 aromatic rings. The maximum absolute atomic E-state index is 12.5. The van der Waals surface area contributed by atoms with E-state index in [4.69, 9.17) is 4.74 Å². The SMILES string of the molecule is O=C(Nc1cnc(-c2ccccc2)nc1)c1cccc(OCc2cscn2)c1. The quantitative estimate of drug-likeness (QED) is 0.529. The summed E-state index contributed by atoms with van der Waals surface area (Å²) in [6.45, 7) is 0.364. The third kappa shape index (κ3) is 4.39. The van der Waals surface area contributed by atoms with Crippen molar-refractivity contribution in [3.05, 3.63) is 89.1 Å². The monoisotopic (exact) mass is 388 g/mol. The zero-order valence-corrected chi connectivity index (χ0v) is 15.6. The van der Waals surface area contributed by atoms with Crippen LogP contribution < -0.4 is 10.1 Å². The van der Waals surface area contributed by atoms with Gasteiger partial charge in [-0.05, 0) is 18.2 Å². The summed E-state index contributed by atoms with van der Waals surface area (Å²) in [5, 5.41) is 4.73. The van der Waals surface area contributed by atoms with E-state index in [-0.39, 0.29) is 5.91 Å². The van der Waals surface area contributed by atoms with Crippen LogP contribution in [0.3, 0.4) is 0 Å². The van der Waals surface area contributed by atoms with Crippen molar-refractivity contribution in [2.75, 3.05) is 5.32 Å². The maximum Gasteiger partial charge on any atom is 0.255 e. The number of carbonyl (C=O) groups excluding carboxylic acids is 1. The summed E-state index contributed by atoms with van der Waals surface area (Å²) in [4.78, 5) is 25.3. The van der Waals surface area contributed by atoms with Crippen LogP contribution in [-0.4, -0.2) is 20.9 Å². The van der Waals surface area contributed by atoms with Crippen LogP contribution in [-0.2, 0) is 6.61 Å². The maximum atomic E-state index is 12.5. The minimum atomic E-state index is -0.254. The number of thiazole rings is 1. The summed E-state index contributed by atoms with van der Waals surface area (Å²) in [5.41, 5.74) is 4.55. The number of anilines is 1. The summed E-state index contributed by atoms with van der Waals surface area (Å²) in [6.07, 6.45) is 3.19. The van der Waals surface area contributed by atoms with Gasteiger partial charge in [0, 0.05) is 16.5 Å². The number of hydrogen-bond acceptors (Lipinski definition) is 6. The van der Waals surface area contributed by atoms with Crippen molar-refractivity contribution in [3.8, 4) is 17.1 Å². The van der Waals surface area contributed by atoms with E-state index in [1.54, 1.807) is 42.2 Å². The highest BCUT2D eigenvalue weighted by Crippen LogP contribution is 2.18. The number of hydrogen-bond donors (Lipinski definition) is 1. The number of nitrogens with zero attached hydrogens (tertiary/aromatic N) is 3. The van der Waals surface area contributed by atoms with Gasteiger partial charge in [0.1, 0.15) is 12.4 Å². The predicted octanol–water partition coefficient (Wildman–Crippen LogP) is 4.43. The van der Waals surface area contributed by atoms with E-state index in [2.05, 4.69) is 20.3 Å². The second-order valence-electron chi connectivity index (χ2n) is 5.91. The first kappa shape index (κ1) is 17.8. The van der Waals surface area contributed by atoms with E-state index in [9.17, 15) is 4.79 Å². The number of nitrogens with one attached hydrogen (secondary N) is 1. The van der Waals surface area contributed by atoms with E-state index in [1.165, 1.54) is 11.3 Å². The van der Waals surface area contributed by atoms with Crippen LogP contribution in [0.2, 0.25) is 0 Å². The molecular formula is C21H16N4O2S. The molecule has 4 rings (SSSR count). The van der Waals surface area contributed by atoms with Gasteiger partial charge in [-0.25, -0.2) is 15.0 Å². The predicted molar refractivity (Wildman–Crippen MR) is 108 cm³/mol. The molecule has 28 heavy (non-hydrogen) atoms. The molecule has 2 aromatic heterocycles. The molecule has 0 aliphatic heterocycles. The highest BCUT2D eigenvalue weighted by atomic mass is 32.1. The fourth-order valence-corrected chi connectivity index (χ4v) is 3.07. The molecule has 1 amide bonds. The fourth-order valence-electron chi connectivity index (χ4n) is 2.53. The molecule has 2 heterocycles. The van der Waals surface area contributed by atoms with Crippen LogP contribution in [0.5, 0.6) is 5.75 Å². The topological polar surface area (TPSA) is 77.0 Å². The van der Waals surface area contributed by atoms with Crippen LogP contribution in [0.25, 0.3) is 11.4 Å². The molecule has 0 fully saturated rings. The van der Waals surface area contributed by atoms with Gasteiger partial charge in [0.25, 0.3) is 5.91 Å². The summed E-state index contributed by atoms with van der Waals surface area (Å²) < 4.78 is 5.70. The first-order chi connectivity index (χ1) is 13.8. The molecule has 0 atom stereocenters. The molecule has 0 bridgehead atoms. The molecule has 2 aromatic carbocycles. The molecule has 0 aliphatic rings. The third-order valence-electron chi connectivity index (χ3n) is 3.91. The van der Waals surface area contributed by atoms with E-state index >= 15 is 0 Å². The lowest BCUT2D eigenvalue weighted by atomic mass is 10.2. The van der Waals surface area contributed by atoms with Crippen LogP contribution in [0.4, 0.5) is 5.69 Å². The average Bonchev–Trinajstić information content (AvgIpc) is 3.27. The van der Waals surface area contributed by atoms with Gasteiger partial charge in [0.2, 0.25) is 0 Å². The lowest BCUT2D eigenvalue weighted by Gasteiger charge is -2.08. The van der Waals surface area contributed by atoms with Gasteiger partial charge in [0.05, 0.1) is 29.3 Å². The number of carbonyl (C=O) groups is 1. The van der Waals surface area contributed by atoms with E-state index in [0.29, 0.717) is 29.4 Å². The van der Waals surface area contributed by atoms with Crippen molar-refractivity contribution in [1.29, 1.82) is 0 Å². The van der Waals surface area contributed by atoms with Crippen molar-refractivity contribution < 1.29 is 9.53 Å². The average molecular weight is 388 g/mol. The normalized spacial score (nSPS) is 10.4. The Kier molecular flexibility index (Phi) is 5.35. The highest BCUT2D eigenvalue weighted by molar-refractivity contribution is 7.07. The Morgan fingerprint density at radius 2 is 1.82 bits per heavy atom. The Morgan fingerprint density at radius 1 is 1.00 bits per heavy atom. The molecule has 1 N–H and O–H groups in total. The molecule has 138 valence electrons. The lowest BCUT2D eigenvalue weighted by molar-refractivity contribution is 0.102. The largest absolute Gasteiger partial charge is 0.487 e. The van der Waals surface area contributed by atoms with E-state index in [0.717, 1.165) is 11.3 Å². The van der Waals surface area contributed by atoms with E-state index < -0.39 is 0 Å². The van der Waals surface area contributed by atoms with Crippen molar-refractivity contribution in [1.82, 2.24) is 15.0 Å². The molecular weight excluding hydrogens is 372 g/mol. The number of amides is 1. The molecule has 7 heteroatoms. The summed E-state index contributed by atoms with van der Waals surface area (Å²) >= 11 is 1.52. The van der Waals surface area contributed by atoms with Crippen LogP contribution >= 0.6 is 11.3 Å². The Bertz CT molecular complexity index is 1050. The number of aromatic nitrogens is 3. The summed E-state index contributed by atoms with van der Waals surface area (Å²) in [6, 6.07) is 16.7. The first-order valence-electron chi connectivity index (χ1n) is 8.57. The van der Waals surface area contributed by atoms with Crippen molar-refractivity contribution >= 4 is 22.9 Å². The van der Waals surface area contributed by atoms with Gasteiger partial charge in [-0.1, -0.05) is 36.4 Å². The Morgan fingerprint density at radius 3 is 2.57 bits per heavy atom. The van der Waals surface area contributed by atoms with Gasteiger partial charge < -0.3 is 10.1 Å². The fraction of sp³-hybridized carbons (Fsp3) is 0.0476. The van der Waals surface area contributed by atoms with Crippen LogP contribution in [0.15, 0.2) is 77.9 Å². The Balaban J connectivity index is 1.41. The molecule has 0 spiro atoms. The zero-order chi connectivity index (χ0) is 19.2. The standard InChI is InChI=1S/C21H16N4O2S/c26-21(16-7-4-8-19(9-16)27-12-18-13-28-14-24-18)25-17-10-22-20(23-11-17)15-5-2-1-3-6-15/h1-11,13-14H,12H2,(H,25,26). The molecule has 0 unspecified atom stereocenters. The Hall–Kier alpha value is -3.58. The van der Waals surface area contributed by atoms with Crippen molar-refractivity contribution in [2.24, 2.45) is 0 Å². The second kappa shape index (κ2) is 8.41. The first-order valence-corrected chi connectivity index (χ1v) is 9.51. The Labute approximate surface area is 165 Å². The van der Waals surface area contributed by atoms with Crippen LogP contribution in [0, 0.1) is 0 Å². The second-order valence-corrected chi connectivity index (χ2v) is 6.63. The minimum Gasteiger partial charge on any atom is -0.487 e. The molecule has 0 aliphatic carbocycles. The van der Waals surface area contributed by atoms with E-state index in [1.807, 2.05) is 35.7 Å². The number of rotatable bonds is 6.